The fraction of sp³-hybridized carbons (Fsp3) is 0.108. The lowest BCUT2D eigenvalue weighted by molar-refractivity contribution is 1.17. The summed E-state index contributed by atoms with van der Waals surface area (Å²) in [5.74, 6) is 2.28. The summed E-state index contributed by atoms with van der Waals surface area (Å²) >= 11 is 0. The average molecular weight is 1040 g/mol. The van der Waals surface area contributed by atoms with Crippen molar-refractivity contribution in [2.24, 2.45) is 0 Å². The van der Waals surface area contributed by atoms with Crippen LogP contribution in [-0.4, -0.2) is 29.9 Å². The van der Waals surface area contributed by atoms with Crippen LogP contribution in [0, 0.1) is 55.4 Å². The second kappa shape index (κ2) is 24.7. The van der Waals surface area contributed by atoms with E-state index in [-0.39, 0.29) is 0 Å². The molecule has 80 heavy (non-hydrogen) atoms. The Bertz CT molecular complexity index is 3710. The second-order valence-electron chi connectivity index (χ2n) is 20.5. The van der Waals surface area contributed by atoms with Crippen molar-refractivity contribution >= 4 is 0 Å². The van der Waals surface area contributed by atoms with Crippen LogP contribution in [0.15, 0.2) is 243 Å². The van der Waals surface area contributed by atoms with Gasteiger partial charge in [0.15, 0.2) is 17.5 Å². The zero-order chi connectivity index (χ0) is 55.5. The number of rotatable bonds is 9. The maximum atomic E-state index is 4.94. The summed E-state index contributed by atoms with van der Waals surface area (Å²) in [6, 6.07) is 83.4. The number of aromatic nitrogens is 6. The van der Waals surface area contributed by atoms with Crippen LogP contribution in [0.5, 0.6) is 0 Å². The van der Waals surface area contributed by atoms with Gasteiger partial charge in [-0.2, -0.15) is 0 Å². The first-order valence-corrected chi connectivity index (χ1v) is 27.2. The lowest BCUT2D eigenvalue weighted by Crippen LogP contribution is -1.98. The zero-order valence-corrected chi connectivity index (χ0v) is 46.8. The summed E-state index contributed by atoms with van der Waals surface area (Å²) in [7, 11) is 0. The first kappa shape index (κ1) is 53.6. The molecule has 9 aromatic carbocycles. The standard InChI is InChI=1S/C26H24N2.2C24H20N2/c1-17-10-12-19(3)22(14-17)24-16-25(23-15-18(2)11-13-20(23)4)28-26(27-24)21-8-6-5-7-9-21;1-17-13-14-18(2)21(15-17)23-16-22(19-9-5-3-6-10-19)25-24(26-23)20-11-7-4-8-12-20;1-17-13-14-18(2)21(15-17)24-25-22(19-9-5-3-6-10-19)16-23(26-24)20-11-7-4-8-12-20/h5-16H,1-4H3;2*3-16H,1-2H3. The van der Waals surface area contributed by atoms with Gasteiger partial charge in [0.1, 0.15) is 0 Å². The van der Waals surface area contributed by atoms with E-state index in [4.69, 9.17) is 29.9 Å². The molecule has 0 fully saturated rings. The topological polar surface area (TPSA) is 77.3 Å². The summed E-state index contributed by atoms with van der Waals surface area (Å²) in [6.07, 6.45) is 0. The Labute approximate surface area is 471 Å². The zero-order valence-electron chi connectivity index (χ0n) is 46.8. The second-order valence-corrected chi connectivity index (χ2v) is 20.5. The van der Waals surface area contributed by atoms with Crippen LogP contribution < -0.4 is 0 Å². The Balaban J connectivity index is 0.000000135. The molecule has 0 atom stereocenters. The molecular weight excluding hydrogens is 973 g/mol. The predicted molar refractivity (Wildman–Crippen MR) is 333 cm³/mol. The van der Waals surface area contributed by atoms with Crippen molar-refractivity contribution in [2.45, 2.75) is 55.4 Å². The minimum Gasteiger partial charge on any atom is -0.228 e. The van der Waals surface area contributed by atoms with E-state index in [9.17, 15) is 0 Å². The van der Waals surface area contributed by atoms with Crippen molar-refractivity contribution in [1.82, 2.24) is 29.9 Å². The third-order valence-corrected chi connectivity index (χ3v) is 14.1. The maximum absolute atomic E-state index is 4.94. The molecule has 12 aromatic rings. The largest absolute Gasteiger partial charge is 0.228 e. The highest BCUT2D eigenvalue weighted by Gasteiger charge is 2.16. The van der Waals surface area contributed by atoms with Gasteiger partial charge < -0.3 is 0 Å². The Morgan fingerprint density at radius 3 is 0.725 bits per heavy atom. The number of hydrogen-bond acceptors (Lipinski definition) is 6. The van der Waals surface area contributed by atoms with Gasteiger partial charge in [-0.15, -0.1) is 0 Å². The first-order chi connectivity index (χ1) is 38.9. The van der Waals surface area contributed by atoms with Crippen molar-refractivity contribution in [2.75, 3.05) is 0 Å². The van der Waals surface area contributed by atoms with E-state index in [1.54, 1.807) is 0 Å². The van der Waals surface area contributed by atoms with Gasteiger partial charge in [0.25, 0.3) is 0 Å². The Hall–Kier alpha value is -9.78. The van der Waals surface area contributed by atoms with Crippen LogP contribution in [0.3, 0.4) is 0 Å². The highest BCUT2D eigenvalue weighted by molar-refractivity contribution is 5.77. The van der Waals surface area contributed by atoms with Gasteiger partial charge in [-0.3, -0.25) is 0 Å². The highest BCUT2D eigenvalue weighted by Crippen LogP contribution is 2.34. The van der Waals surface area contributed by atoms with Gasteiger partial charge >= 0.3 is 0 Å². The smallest absolute Gasteiger partial charge is 0.160 e. The number of nitrogens with zero attached hydrogens (tertiary/aromatic N) is 6. The fourth-order valence-corrected chi connectivity index (χ4v) is 9.59. The van der Waals surface area contributed by atoms with Gasteiger partial charge in [-0.25, -0.2) is 29.9 Å². The van der Waals surface area contributed by atoms with E-state index in [2.05, 4.69) is 207 Å². The molecule has 3 aromatic heterocycles. The third kappa shape index (κ3) is 13.0. The molecule has 0 aliphatic carbocycles. The molecule has 3 heterocycles. The van der Waals surface area contributed by atoms with Crippen LogP contribution in [0.1, 0.15) is 44.5 Å². The minimum absolute atomic E-state index is 0.753. The lowest BCUT2D eigenvalue weighted by Gasteiger charge is -2.13. The molecule has 0 radical (unpaired) electrons. The molecule has 6 nitrogen and oxygen atoms in total. The first-order valence-electron chi connectivity index (χ1n) is 27.2. The van der Waals surface area contributed by atoms with Crippen LogP contribution in [0.4, 0.5) is 0 Å². The maximum Gasteiger partial charge on any atom is 0.160 e. The highest BCUT2D eigenvalue weighted by atomic mass is 14.9. The Morgan fingerprint density at radius 2 is 0.412 bits per heavy atom. The van der Waals surface area contributed by atoms with E-state index in [1.165, 1.54) is 44.5 Å². The van der Waals surface area contributed by atoms with Gasteiger partial charge in [-0.1, -0.05) is 222 Å². The van der Waals surface area contributed by atoms with E-state index < -0.39 is 0 Å². The fourth-order valence-electron chi connectivity index (χ4n) is 9.59. The average Bonchev–Trinajstić information content (AvgIpc) is 3.57. The molecular formula is C74H64N6. The number of aryl methyl sites for hydroxylation is 8. The molecule has 0 N–H and O–H groups in total. The van der Waals surface area contributed by atoms with Gasteiger partial charge in [0, 0.05) is 50.1 Å². The monoisotopic (exact) mass is 1040 g/mol. The number of hydrogen-bond donors (Lipinski definition) is 0. The lowest BCUT2D eigenvalue weighted by atomic mass is 9.98. The van der Waals surface area contributed by atoms with Crippen LogP contribution in [0.2, 0.25) is 0 Å². The van der Waals surface area contributed by atoms with Crippen molar-refractivity contribution in [3.63, 3.8) is 0 Å². The van der Waals surface area contributed by atoms with Crippen molar-refractivity contribution in [1.29, 1.82) is 0 Å². The molecule has 0 amide bonds. The normalized spacial score (nSPS) is 10.8. The molecule has 0 unspecified atom stereocenters. The van der Waals surface area contributed by atoms with E-state index in [0.717, 1.165) is 102 Å². The third-order valence-electron chi connectivity index (χ3n) is 14.1. The summed E-state index contributed by atoms with van der Waals surface area (Å²) in [4.78, 5) is 29.4. The number of benzene rings is 9. The van der Waals surface area contributed by atoms with Gasteiger partial charge in [0.2, 0.25) is 0 Å². The predicted octanol–water partition coefficient (Wildman–Crippen LogP) is 18.9. The molecule has 0 spiro atoms. The van der Waals surface area contributed by atoms with Crippen LogP contribution in [-0.2, 0) is 0 Å². The summed E-state index contributed by atoms with van der Waals surface area (Å²) in [5, 5.41) is 0. The SMILES string of the molecule is Cc1ccc(C)c(-c2cc(-c3cc(C)ccc3C)nc(-c3ccccc3)n2)c1.Cc1ccc(C)c(-c2cc(-c3ccccc3)nc(-c3ccccc3)n2)c1.Cc1ccc(C)c(-c2nc(-c3ccccc3)cc(-c3ccccc3)n2)c1. The minimum atomic E-state index is 0.753. The van der Waals surface area contributed by atoms with Gasteiger partial charge in [-0.05, 0) is 120 Å². The summed E-state index contributed by atoms with van der Waals surface area (Å²) in [5.41, 5.74) is 25.3. The quantitative estimate of drug-likeness (QED) is 0.143. The van der Waals surface area contributed by atoms with E-state index in [0.29, 0.717) is 0 Å². The Morgan fingerprint density at radius 1 is 0.188 bits per heavy atom. The molecule has 0 saturated carbocycles. The molecule has 390 valence electrons. The molecule has 0 aliphatic heterocycles. The molecule has 12 rings (SSSR count). The Kier molecular flexibility index (Phi) is 16.5. The van der Waals surface area contributed by atoms with Gasteiger partial charge in [0.05, 0.1) is 34.2 Å². The van der Waals surface area contributed by atoms with Crippen LogP contribution in [0.25, 0.3) is 102 Å². The molecule has 6 heteroatoms. The molecule has 0 aliphatic rings. The van der Waals surface area contributed by atoms with Crippen molar-refractivity contribution < 1.29 is 0 Å². The van der Waals surface area contributed by atoms with E-state index in [1.807, 2.05) is 91.0 Å². The summed E-state index contributed by atoms with van der Waals surface area (Å²) < 4.78 is 0. The summed E-state index contributed by atoms with van der Waals surface area (Å²) in [6.45, 7) is 17.0. The van der Waals surface area contributed by atoms with Crippen LogP contribution >= 0.6 is 0 Å². The molecule has 0 bridgehead atoms. The van der Waals surface area contributed by atoms with Crippen molar-refractivity contribution in [3.8, 4) is 102 Å². The molecule has 0 saturated heterocycles. The van der Waals surface area contributed by atoms with E-state index >= 15 is 0 Å². The van der Waals surface area contributed by atoms with Crippen molar-refractivity contribution in [3.05, 3.63) is 287 Å².